The van der Waals surface area contributed by atoms with Crippen molar-refractivity contribution in [3.05, 3.63) is 29.8 Å². The number of hydrogen-bond acceptors (Lipinski definition) is 4. The summed E-state index contributed by atoms with van der Waals surface area (Å²) in [6.45, 7) is 5.91. The zero-order chi connectivity index (χ0) is 12.8. The van der Waals surface area contributed by atoms with Gasteiger partial charge in [0.25, 0.3) is 0 Å². The number of carbonyl (C=O) groups is 1. The highest BCUT2D eigenvalue weighted by atomic mass is 16.5. The van der Waals surface area contributed by atoms with E-state index in [0.29, 0.717) is 18.3 Å². The Balaban J connectivity index is 2.57. The standard InChI is InChI=1S/C13H19NO3/c1-9(2)14-8-13(16)11-4-6-12(7-5-11)17-10(3)15/h4-7,9,13-14,16H,8H2,1-3H3. The molecule has 94 valence electrons. The lowest BCUT2D eigenvalue weighted by Crippen LogP contribution is -2.27. The van der Waals surface area contributed by atoms with Crippen LogP contribution in [0, 0.1) is 0 Å². The Morgan fingerprint density at radius 1 is 1.35 bits per heavy atom. The second-order valence-corrected chi connectivity index (χ2v) is 4.24. The maximum Gasteiger partial charge on any atom is 0.308 e. The molecule has 1 atom stereocenters. The highest BCUT2D eigenvalue weighted by molar-refractivity contribution is 5.69. The number of carbonyl (C=O) groups excluding carboxylic acids is 1. The molecule has 1 aromatic carbocycles. The molecule has 1 aromatic rings. The number of ether oxygens (including phenoxy) is 1. The molecule has 0 saturated carbocycles. The van der Waals surface area contributed by atoms with Gasteiger partial charge in [0.15, 0.2) is 0 Å². The summed E-state index contributed by atoms with van der Waals surface area (Å²) in [6.07, 6.45) is -0.552. The van der Waals surface area contributed by atoms with E-state index in [2.05, 4.69) is 5.32 Å². The first-order valence-electron chi connectivity index (χ1n) is 5.69. The first-order valence-corrected chi connectivity index (χ1v) is 5.69. The summed E-state index contributed by atoms with van der Waals surface area (Å²) in [4.78, 5) is 10.7. The fourth-order valence-electron chi connectivity index (χ4n) is 1.39. The lowest BCUT2D eigenvalue weighted by molar-refractivity contribution is -0.131. The molecule has 0 aliphatic carbocycles. The summed E-state index contributed by atoms with van der Waals surface area (Å²) < 4.78 is 4.91. The van der Waals surface area contributed by atoms with Crippen LogP contribution in [0.1, 0.15) is 32.4 Å². The summed E-state index contributed by atoms with van der Waals surface area (Å²) in [5.41, 5.74) is 0.800. The predicted molar refractivity (Wildman–Crippen MR) is 65.8 cm³/mol. The average molecular weight is 237 g/mol. The van der Waals surface area contributed by atoms with E-state index in [-0.39, 0.29) is 5.97 Å². The highest BCUT2D eigenvalue weighted by Crippen LogP contribution is 2.17. The van der Waals surface area contributed by atoms with Gasteiger partial charge in [-0.05, 0) is 17.7 Å². The average Bonchev–Trinajstić information content (AvgIpc) is 2.26. The molecule has 0 amide bonds. The Bertz CT molecular complexity index is 359. The Morgan fingerprint density at radius 3 is 2.41 bits per heavy atom. The van der Waals surface area contributed by atoms with Crippen LogP contribution >= 0.6 is 0 Å². The molecule has 4 nitrogen and oxygen atoms in total. The third-order valence-electron chi connectivity index (χ3n) is 2.25. The quantitative estimate of drug-likeness (QED) is 0.604. The van der Waals surface area contributed by atoms with Crippen LogP contribution in [0.4, 0.5) is 0 Å². The fraction of sp³-hybridized carbons (Fsp3) is 0.462. The summed E-state index contributed by atoms with van der Waals surface area (Å²) in [6, 6.07) is 7.20. The van der Waals surface area contributed by atoms with Crippen LogP contribution in [0.5, 0.6) is 5.75 Å². The Morgan fingerprint density at radius 2 is 1.94 bits per heavy atom. The molecule has 0 bridgehead atoms. The van der Waals surface area contributed by atoms with E-state index in [9.17, 15) is 9.90 Å². The monoisotopic (exact) mass is 237 g/mol. The second-order valence-electron chi connectivity index (χ2n) is 4.24. The molecule has 0 radical (unpaired) electrons. The van der Waals surface area contributed by atoms with Crippen molar-refractivity contribution in [1.29, 1.82) is 0 Å². The number of aliphatic hydroxyl groups is 1. The molecule has 0 aliphatic rings. The van der Waals surface area contributed by atoms with E-state index in [0.717, 1.165) is 5.56 Å². The second kappa shape index (κ2) is 6.37. The van der Waals surface area contributed by atoms with Crippen molar-refractivity contribution < 1.29 is 14.6 Å². The lowest BCUT2D eigenvalue weighted by Gasteiger charge is -2.14. The Kier molecular flexibility index (Phi) is 5.12. The van der Waals surface area contributed by atoms with Crippen LogP contribution < -0.4 is 10.1 Å². The van der Waals surface area contributed by atoms with E-state index in [1.165, 1.54) is 6.92 Å². The summed E-state index contributed by atoms with van der Waals surface area (Å²) in [7, 11) is 0. The molecule has 1 unspecified atom stereocenters. The molecular weight excluding hydrogens is 218 g/mol. The molecule has 0 aromatic heterocycles. The number of aliphatic hydroxyl groups excluding tert-OH is 1. The van der Waals surface area contributed by atoms with Crippen LogP contribution in [0.2, 0.25) is 0 Å². The van der Waals surface area contributed by atoms with Crippen molar-refractivity contribution in [3.8, 4) is 5.75 Å². The van der Waals surface area contributed by atoms with Gasteiger partial charge in [-0.2, -0.15) is 0 Å². The molecule has 0 saturated heterocycles. The van der Waals surface area contributed by atoms with Gasteiger partial charge in [0, 0.05) is 19.5 Å². The molecule has 0 spiro atoms. The Hall–Kier alpha value is -1.39. The molecule has 4 heteroatoms. The van der Waals surface area contributed by atoms with Gasteiger partial charge in [0.05, 0.1) is 6.10 Å². The van der Waals surface area contributed by atoms with Gasteiger partial charge in [-0.25, -0.2) is 0 Å². The van der Waals surface area contributed by atoms with Gasteiger partial charge in [-0.15, -0.1) is 0 Å². The summed E-state index contributed by atoms with van der Waals surface area (Å²) in [5.74, 6) is 0.144. The topological polar surface area (TPSA) is 58.6 Å². The van der Waals surface area contributed by atoms with Crippen molar-refractivity contribution in [1.82, 2.24) is 5.32 Å². The minimum absolute atomic E-state index is 0.338. The van der Waals surface area contributed by atoms with Crippen LogP contribution in [0.3, 0.4) is 0 Å². The first kappa shape index (κ1) is 13.7. The van der Waals surface area contributed by atoms with Gasteiger partial charge in [0.1, 0.15) is 5.75 Å². The van der Waals surface area contributed by atoms with Crippen LogP contribution in [0.25, 0.3) is 0 Å². The Labute approximate surface area is 102 Å². The first-order chi connectivity index (χ1) is 7.99. The lowest BCUT2D eigenvalue weighted by atomic mass is 10.1. The van der Waals surface area contributed by atoms with Crippen molar-refractivity contribution >= 4 is 5.97 Å². The minimum Gasteiger partial charge on any atom is -0.427 e. The molecule has 17 heavy (non-hydrogen) atoms. The number of benzene rings is 1. The number of nitrogens with one attached hydrogen (secondary N) is 1. The van der Waals surface area contributed by atoms with Crippen molar-refractivity contribution in [2.75, 3.05) is 6.54 Å². The van der Waals surface area contributed by atoms with Crippen molar-refractivity contribution in [2.45, 2.75) is 32.9 Å². The van der Waals surface area contributed by atoms with E-state index < -0.39 is 6.10 Å². The zero-order valence-electron chi connectivity index (χ0n) is 10.4. The summed E-state index contributed by atoms with van der Waals surface area (Å²) in [5, 5.41) is 13.0. The SMILES string of the molecule is CC(=O)Oc1ccc(C(O)CNC(C)C)cc1. The normalized spacial score (nSPS) is 12.5. The molecule has 2 N–H and O–H groups in total. The van der Waals surface area contributed by atoms with E-state index in [1.807, 2.05) is 13.8 Å². The fourth-order valence-corrected chi connectivity index (χ4v) is 1.39. The highest BCUT2D eigenvalue weighted by Gasteiger charge is 2.08. The predicted octanol–water partition coefficient (Wildman–Crippen LogP) is 1.64. The third-order valence-corrected chi connectivity index (χ3v) is 2.25. The largest absolute Gasteiger partial charge is 0.427 e. The van der Waals surface area contributed by atoms with Crippen LogP contribution in [0.15, 0.2) is 24.3 Å². The van der Waals surface area contributed by atoms with E-state index in [4.69, 9.17) is 4.74 Å². The van der Waals surface area contributed by atoms with E-state index >= 15 is 0 Å². The van der Waals surface area contributed by atoms with Crippen LogP contribution in [-0.4, -0.2) is 23.7 Å². The third kappa shape index (κ3) is 4.97. The summed E-state index contributed by atoms with van der Waals surface area (Å²) >= 11 is 0. The number of hydrogen-bond donors (Lipinski definition) is 2. The van der Waals surface area contributed by atoms with Gasteiger partial charge >= 0.3 is 5.97 Å². The maximum atomic E-state index is 10.7. The van der Waals surface area contributed by atoms with E-state index in [1.54, 1.807) is 24.3 Å². The van der Waals surface area contributed by atoms with Crippen molar-refractivity contribution in [2.24, 2.45) is 0 Å². The van der Waals surface area contributed by atoms with Gasteiger partial charge in [0.2, 0.25) is 0 Å². The molecule has 0 fully saturated rings. The van der Waals surface area contributed by atoms with Gasteiger partial charge in [-0.3, -0.25) is 4.79 Å². The molecule has 0 aliphatic heterocycles. The zero-order valence-corrected chi connectivity index (χ0v) is 10.4. The maximum absolute atomic E-state index is 10.7. The molecule has 1 rings (SSSR count). The van der Waals surface area contributed by atoms with Gasteiger partial charge < -0.3 is 15.2 Å². The smallest absolute Gasteiger partial charge is 0.308 e. The van der Waals surface area contributed by atoms with Crippen LogP contribution in [-0.2, 0) is 4.79 Å². The number of esters is 1. The van der Waals surface area contributed by atoms with Gasteiger partial charge in [-0.1, -0.05) is 26.0 Å². The number of rotatable bonds is 5. The van der Waals surface area contributed by atoms with Crippen molar-refractivity contribution in [3.63, 3.8) is 0 Å². The molecular formula is C13H19NO3. The minimum atomic E-state index is -0.552. The molecule has 0 heterocycles.